The average molecular weight is 302 g/mol. The van der Waals surface area contributed by atoms with Crippen molar-refractivity contribution in [1.29, 1.82) is 0 Å². The number of benzene rings is 1. The van der Waals surface area contributed by atoms with Crippen LogP contribution in [0.25, 0.3) is 0 Å². The van der Waals surface area contributed by atoms with Crippen molar-refractivity contribution in [3.05, 3.63) is 35.9 Å². The van der Waals surface area contributed by atoms with Crippen LogP contribution in [-0.4, -0.2) is 56.3 Å². The molecular weight excluding hydrogens is 280 g/mol. The predicted molar refractivity (Wildman–Crippen MR) is 81.2 cm³/mol. The molecule has 3 aliphatic rings. The zero-order valence-electron chi connectivity index (χ0n) is 12.7. The van der Waals surface area contributed by atoms with Gasteiger partial charge in [0.1, 0.15) is 12.0 Å². The molecule has 3 atom stereocenters. The Morgan fingerprint density at radius 2 is 2.09 bits per heavy atom. The van der Waals surface area contributed by atoms with Crippen LogP contribution in [0, 0.1) is 11.3 Å². The highest BCUT2D eigenvalue weighted by molar-refractivity contribution is 5.84. The standard InChI is InChI=1S/C17H22N2O3/c20-16(22-11-13-4-2-1-3-5-13)17-12-18-10-14(17)15(17)19-6-8-21-9-7-19/h1-5,14-15,18H,6-12H2/t14-,15-,17+/m0/s1. The van der Waals surface area contributed by atoms with E-state index in [9.17, 15) is 4.79 Å². The number of morpholine rings is 1. The van der Waals surface area contributed by atoms with E-state index in [-0.39, 0.29) is 11.4 Å². The van der Waals surface area contributed by atoms with Crippen LogP contribution in [0.4, 0.5) is 0 Å². The van der Waals surface area contributed by atoms with Crippen molar-refractivity contribution in [3.8, 4) is 0 Å². The summed E-state index contributed by atoms with van der Waals surface area (Å²) < 4.78 is 11.1. The third kappa shape index (κ3) is 2.24. The Labute approximate surface area is 130 Å². The Hall–Kier alpha value is -1.43. The molecule has 0 unspecified atom stereocenters. The molecule has 1 aromatic rings. The highest BCUT2D eigenvalue weighted by Crippen LogP contribution is 2.58. The molecule has 118 valence electrons. The van der Waals surface area contributed by atoms with Crippen molar-refractivity contribution in [2.45, 2.75) is 12.6 Å². The third-order valence-corrected chi connectivity index (χ3v) is 5.28. The van der Waals surface area contributed by atoms with Gasteiger partial charge in [0.2, 0.25) is 0 Å². The van der Waals surface area contributed by atoms with Crippen molar-refractivity contribution >= 4 is 5.97 Å². The summed E-state index contributed by atoms with van der Waals surface area (Å²) >= 11 is 0. The SMILES string of the molecule is O=C(OCc1ccccc1)[C@]12CNC[C@H]1[C@@H]2N1CCOCC1. The van der Waals surface area contributed by atoms with Gasteiger partial charge in [0, 0.05) is 38.1 Å². The number of nitrogens with zero attached hydrogens (tertiary/aromatic N) is 1. The molecule has 1 aromatic carbocycles. The molecule has 22 heavy (non-hydrogen) atoms. The first-order chi connectivity index (χ1) is 10.8. The molecular formula is C17H22N2O3. The van der Waals surface area contributed by atoms with E-state index < -0.39 is 0 Å². The van der Waals surface area contributed by atoms with Gasteiger partial charge in [-0.2, -0.15) is 0 Å². The predicted octanol–water partition coefficient (Wildman–Crippen LogP) is 0.650. The molecule has 0 amide bonds. The number of nitrogens with one attached hydrogen (secondary N) is 1. The smallest absolute Gasteiger partial charge is 0.315 e. The van der Waals surface area contributed by atoms with Gasteiger partial charge in [-0.1, -0.05) is 30.3 Å². The second kappa shape index (κ2) is 5.65. The van der Waals surface area contributed by atoms with E-state index >= 15 is 0 Å². The number of fused-ring (bicyclic) bond motifs is 1. The van der Waals surface area contributed by atoms with Gasteiger partial charge in [0.05, 0.1) is 13.2 Å². The summed E-state index contributed by atoms with van der Waals surface area (Å²) in [7, 11) is 0. The number of hydrogen-bond acceptors (Lipinski definition) is 5. The zero-order valence-corrected chi connectivity index (χ0v) is 12.7. The van der Waals surface area contributed by atoms with Gasteiger partial charge >= 0.3 is 5.97 Å². The molecule has 2 saturated heterocycles. The molecule has 1 N–H and O–H groups in total. The number of esters is 1. The highest BCUT2D eigenvalue weighted by Gasteiger charge is 2.74. The highest BCUT2D eigenvalue weighted by atomic mass is 16.5. The van der Waals surface area contributed by atoms with Crippen molar-refractivity contribution < 1.29 is 14.3 Å². The largest absolute Gasteiger partial charge is 0.460 e. The summed E-state index contributed by atoms with van der Waals surface area (Å²) in [5, 5.41) is 3.35. The molecule has 2 heterocycles. The lowest BCUT2D eigenvalue weighted by atomic mass is 10.1. The minimum absolute atomic E-state index is 0.0390. The molecule has 4 rings (SSSR count). The topological polar surface area (TPSA) is 50.8 Å². The van der Waals surface area contributed by atoms with Crippen LogP contribution in [0.2, 0.25) is 0 Å². The second-order valence-electron chi connectivity index (χ2n) is 6.43. The first kappa shape index (κ1) is 14.2. The molecule has 0 bridgehead atoms. The lowest BCUT2D eigenvalue weighted by molar-refractivity contribution is -0.152. The summed E-state index contributed by atoms with van der Waals surface area (Å²) in [5.41, 5.74) is 0.713. The van der Waals surface area contributed by atoms with Crippen LogP contribution in [0.1, 0.15) is 5.56 Å². The van der Waals surface area contributed by atoms with Crippen LogP contribution in [0.3, 0.4) is 0 Å². The monoisotopic (exact) mass is 302 g/mol. The third-order valence-electron chi connectivity index (χ3n) is 5.28. The van der Waals surface area contributed by atoms with Crippen LogP contribution >= 0.6 is 0 Å². The van der Waals surface area contributed by atoms with Crippen LogP contribution in [0.15, 0.2) is 30.3 Å². The Morgan fingerprint density at radius 3 is 2.86 bits per heavy atom. The maximum Gasteiger partial charge on any atom is 0.315 e. The Kier molecular flexibility index (Phi) is 3.64. The Morgan fingerprint density at radius 1 is 1.32 bits per heavy atom. The van der Waals surface area contributed by atoms with Crippen LogP contribution < -0.4 is 5.32 Å². The van der Waals surface area contributed by atoms with Crippen molar-refractivity contribution in [1.82, 2.24) is 10.2 Å². The number of carbonyl (C=O) groups excluding carboxylic acids is 1. The van der Waals surface area contributed by atoms with E-state index in [1.807, 2.05) is 30.3 Å². The maximum atomic E-state index is 12.7. The van der Waals surface area contributed by atoms with Crippen LogP contribution in [-0.2, 0) is 20.9 Å². The van der Waals surface area contributed by atoms with E-state index in [1.165, 1.54) is 0 Å². The van der Waals surface area contributed by atoms with E-state index in [0.29, 0.717) is 18.6 Å². The van der Waals surface area contributed by atoms with Gasteiger partial charge in [0.15, 0.2) is 0 Å². The molecule has 5 heteroatoms. The van der Waals surface area contributed by atoms with Gasteiger partial charge in [0.25, 0.3) is 0 Å². The van der Waals surface area contributed by atoms with E-state index in [4.69, 9.17) is 9.47 Å². The fourth-order valence-electron chi connectivity index (χ4n) is 4.10. The molecule has 0 aromatic heterocycles. The lowest BCUT2D eigenvalue weighted by Gasteiger charge is -2.29. The summed E-state index contributed by atoms with van der Waals surface area (Å²) in [6.45, 7) is 5.42. The number of ether oxygens (including phenoxy) is 2. The molecule has 2 aliphatic heterocycles. The second-order valence-corrected chi connectivity index (χ2v) is 6.43. The maximum absolute atomic E-state index is 12.7. The minimum Gasteiger partial charge on any atom is -0.460 e. The lowest BCUT2D eigenvalue weighted by Crippen LogP contribution is -2.44. The van der Waals surface area contributed by atoms with E-state index in [2.05, 4.69) is 10.2 Å². The minimum atomic E-state index is -0.327. The van der Waals surface area contributed by atoms with E-state index in [1.54, 1.807) is 0 Å². The fourth-order valence-corrected chi connectivity index (χ4v) is 4.10. The molecule has 3 fully saturated rings. The number of rotatable bonds is 4. The first-order valence-corrected chi connectivity index (χ1v) is 8.06. The van der Waals surface area contributed by atoms with Gasteiger partial charge in [-0.25, -0.2) is 0 Å². The Balaban J connectivity index is 1.42. The fraction of sp³-hybridized carbons (Fsp3) is 0.588. The van der Waals surface area contributed by atoms with Gasteiger partial charge in [-0.15, -0.1) is 0 Å². The molecule has 0 spiro atoms. The van der Waals surface area contributed by atoms with Crippen LogP contribution in [0.5, 0.6) is 0 Å². The summed E-state index contributed by atoms with van der Waals surface area (Å²) in [6, 6.07) is 10.2. The van der Waals surface area contributed by atoms with Crippen molar-refractivity contribution in [3.63, 3.8) is 0 Å². The van der Waals surface area contributed by atoms with Gasteiger partial charge in [-0.05, 0) is 5.56 Å². The number of hydrogen-bond donors (Lipinski definition) is 1. The Bertz CT molecular complexity index is 544. The normalized spacial score (nSPS) is 34.2. The van der Waals surface area contributed by atoms with E-state index in [0.717, 1.165) is 45.0 Å². The number of carbonyl (C=O) groups is 1. The average Bonchev–Trinajstić information content (AvgIpc) is 3.03. The quantitative estimate of drug-likeness (QED) is 0.828. The van der Waals surface area contributed by atoms with Gasteiger partial charge in [-0.3, -0.25) is 9.69 Å². The van der Waals surface area contributed by atoms with Crippen molar-refractivity contribution in [2.24, 2.45) is 11.3 Å². The summed E-state index contributed by atoms with van der Waals surface area (Å²) in [4.78, 5) is 15.1. The molecule has 1 saturated carbocycles. The van der Waals surface area contributed by atoms with Crippen molar-refractivity contribution in [2.75, 3.05) is 39.4 Å². The molecule has 0 radical (unpaired) electrons. The first-order valence-electron chi connectivity index (χ1n) is 8.06. The van der Waals surface area contributed by atoms with Gasteiger partial charge < -0.3 is 14.8 Å². The zero-order chi connectivity index (χ0) is 15.0. The summed E-state index contributed by atoms with van der Waals surface area (Å²) in [5.74, 6) is 0.358. The molecule has 5 nitrogen and oxygen atoms in total. The molecule has 1 aliphatic carbocycles. The summed E-state index contributed by atoms with van der Waals surface area (Å²) in [6.07, 6.45) is 0. The number of piperidine rings is 1.